The fourth-order valence-corrected chi connectivity index (χ4v) is 2.02. The second-order valence-corrected chi connectivity index (χ2v) is 4.16. The van der Waals surface area contributed by atoms with Crippen LogP contribution < -0.4 is 5.73 Å². The van der Waals surface area contributed by atoms with Crippen LogP contribution in [0.3, 0.4) is 0 Å². The van der Waals surface area contributed by atoms with Crippen LogP contribution in [-0.4, -0.2) is 45.5 Å². The van der Waals surface area contributed by atoms with Crippen molar-refractivity contribution in [2.24, 2.45) is 0 Å². The molecular formula is C10H18N4O. The van der Waals surface area contributed by atoms with Gasteiger partial charge in [-0.25, -0.2) is 0 Å². The molecule has 1 unspecified atom stereocenters. The summed E-state index contributed by atoms with van der Waals surface area (Å²) in [6.07, 6.45) is 5.49. The zero-order valence-corrected chi connectivity index (χ0v) is 8.84. The van der Waals surface area contributed by atoms with Gasteiger partial charge in [-0.3, -0.25) is 4.68 Å². The van der Waals surface area contributed by atoms with Crippen molar-refractivity contribution < 1.29 is 5.11 Å². The molecule has 15 heavy (non-hydrogen) atoms. The van der Waals surface area contributed by atoms with Gasteiger partial charge in [0, 0.05) is 12.7 Å². The molecule has 0 amide bonds. The number of nitrogens with zero attached hydrogens (tertiary/aromatic N) is 3. The number of aliphatic hydroxyl groups excluding tert-OH is 1. The van der Waals surface area contributed by atoms with Gasteiger partial charge in [0.15, 0.2) is 0 Å². The molecule has 1 aromatic rings. The SMILES string of the molecule is Nc1cnn(CC(O)CN2CCCC2)c1. The normalized spacial score (nSPS) is 19.5. The van der Waals surface area contributed by atoms with E-state index in [1.165, 1.54) is 12.8 Å². The molecule has 0 saturated carbocycles. The van der Waals surface area contributed by atoms with E-state index >= 15 is 0 Å². The Bertz CT molecular complexity index is 306. The van der Waals surface area contributed by atoms with E-state index in [1.54, 1.807) is 17.1 Å². The predicted octanol–water partition coefficient (Wildman–Crippen LogP) is -0.0780. The molecule has 0 aliphatic carbocycles. The smallest absolute Gasteiger partial charge is 0.0862 e. The highest BCUT2D eigenvalue weighted by atomic mass is 16.3. The Kier molecular flexibility index (Phi) is 3.23. The van der Waals surface area contributed by atoms with Crippen molar-refractivity contribution in [3.8, 4) is 0 Å². The largest absolute Gasteiger partial charge is 0.396 e. The standard InChI is InChI=1S/C10H18N4O/c11-9-5-12-14(6-9)8-10(15)7-13-3-1-2-4-13/h5-6,10,15H,1-4,7-8,11H2. The van der Waals surface area contributed by atoms with Gasteiger partial charge >= 0.3 is 0 Å². The summed E-state index contributed by atoms with van der Waals surface area (Å²) < 4.78 is 1.69. The first-order valence-corrected chi connectivity index (χ1v) is 5.42. The molecule has 0 radical (unpaired) electrons. The van der Waals surface area contributed by atoms with E-state index in [0.717, 1.165) is 19.6 Å². The summed E-state index contributed by atoms with van der Waals surface area (Å²) >= 11 is 0. The van der Waals surface area contributed by atoms with Crippen molar-refractivity contribution in [3.63, 3.8) is 0 Å². The molecule has 1 fully saturated rings. The fourth-order valence-electron chi connectivity index (χ4n) is 2.02. The lowest BCUT2D eigenvalue weighted by atomic mass is 10.3. The van der Waals surface area contributed by atoms with E-state index in [4.69, 9.17) is 5.73 Å². The van der Waals surface area contributed by atoms with Crippen molar-refractivity contribution in [3.05, 3.63) is 12.4 Å². The highest BCUT2D eigenvalue weighted by Crippen LogP contribution is 2.08. The van der Waals surface area contributed by atoms with Gasteiger partial charge in [-0.05, 0) is 25.9 Å². The Hall–Kier alpha value is -1.07. The van der Waals surface area contributed by atoms with Crippen LogP contribution >= 0.6 is 0 Å². The predicted molar refractivity (Wildman–Crippen MR) is 58.3 cm³/mol. The Morgan fingerprint density at radius 2 is 2.13 bits per heavy atom. The summed E-state index contributed by atoms with van der Waals surface area (Å²) in [5.74, 6) is 0. The molecule has 1 aliphatic rings. The lowest BCUT2D eigenvalue weighted by Gasteiger charge is -2.19. The fraction of sp³-hybridized carbons (Fsp3) is 0.700. The highest BCUT2D eigenvalue weighted by molar-refractivity contribution is 5.30. The number of nitrogen functional groups attached to an aromatic ring is 1. The topological polar surface area (TPSA) is 67.3 Å². The summed E-state index contributed by atoms with van der Waals surface area (Å²) in [7, 11) is 0. The van der Waals surface area contributed by atoms with Crippen LogP contribution in [0.15, 0.2) is 12.4 Å². The van der Waals surface area contributed by atoms with E-state index in [1.807, 2.05) is 0 Å². The molecule has 2 heterocycles. The molecule has 3 N–H and O–H groups in total. The first-order chi connectivity index (χ1) is 7.24. The van der Waals surface area contributed by atoms with Crippen LogP contribution in [0.25, 0.3) is 0 Å². The van der Waals surface area contributed by atoms with Gasteiger partial charge in [-0.1, -0.05) is 0 Å². The Morgan fingerprint density at radius 1 is 1.40 bits per heavy atom. The summed E-state index contributed by atoms with van der Waals surface area (Å²) in [4.78, 5) is 2.29. The maximum atomic E-state index is 9.83. The van der Waals surface area contributed by atoms with Crippen LogP contribution in [0.1, 0.15) is 12.8 Å². The number of nitrogens with two attached hydrogens (primary N) is 1. The minimum absolute atomic E-state index is 0.359. The minimum Gasteiger partial charge on any atom is -0.396 e. The quantitative estimate of drug-likeness (QED) is 0.729. The highest BCUT2D eigenvalue weighted by Gasteiger charge is 2.16. The number of anilines is 1. The Balaban J connectivity index is 1.78. The van der Waals surface area contributed by atoms with Gasteiger partial charge in [-0.2, -0.15) is 5.10 Å². The van der Waals surface area contributed by atoms with Crippen LogP contribution in [0.2, 0.25) is 0 Å². The summed E-state index contributed by atoms with van der Waals surface area (Å²) in [5, 5.41) is 13.9. The third-order valence-corrected chi connectivity index (χ3v) is 2.72. The molecule has 1 atom stereocenters. The molecule has 0 aromatic carbocycles. The van der Waals surface area contributed by atoms with E-state index in [0.29, 0.717) is 12.2 Å². The van der Waals surface area contributed by atoms with E-state index in [9.17, 15) is 5.11 Å². The lowest BCUT2D eigenvalue weighted by molar-refractivity contribution is 0.106. The van der Waals surface area contributed by atoms with Gasteiger partial charge in [0.05, 0.1) is 24.5 Å². The second-order valence-electron chi connectivity index (χ2n) is 4.16. The summed E-state index contributed by atoms with van der Waals surface area (Å²) in [5.41, 5.74) is 6.18. The average molecular weight is 210 g/mol. The number of hydrogen-bond donors (Lipinski definition) is 2. The molecule has 84 valence electrons. The van der Waals surface area contributed by atoms with E-state index < -0.39 is 0 Å². The van der Waals surface area contributed by atoms with Crippen molar-refractivity contribution in [2.45, 2.75) is 25.5 Å². The lowest BCUT2D eigenvalue weighted by Crippen LogP contribution is -2.32. The summed E-state index contributed by atoms with van der Waals surface area (Å²) in [6, 6.07) is 0. The first kappa shape index (κ1) is 10.4. The van der Waals surface area contributed by atoms with Gasteiger partial charge < -0.3 is 15.7 Å². The molecule has 1 saturated heterocycles. The molecule has 1 aliphatic heterocycles. The van der Waals surface area contributed by atoms with Gasteiger partial charge in [0.2, 0.25) is 0 Å². The van der Waals surface area contributed by atoms with Crippen molar-refractivity contribution >= 4 is 5.69 Å². The minimum atomic E-state index is -0.359. The maximum absolute atomic E-state index is 9.83. The molecule has 0 spiro atoms. The van der Waals surface area contributed by atoms with Gasteiger partial charge in [0.1, 0.15) is 0 Å². The van der Waals surface area contributed by atoms with Crippen LogP contribution in [0, 0.1) is 0 Å². The molecule has 5 nitrogen and oxygen atoms in total. The number of rotatable bonds is 4. The van der Waals surface area contributed by atoms with E-state index in [2.05, 4.69) is 10.00 Å². The molecule has 5 heteroatoms. The zero-order chi connectivity index (χ0) is 10.7. The number of β-amino-alcohol motifs (C(OH)–C–C–N with tert-alkyl or cyclic N) is 1. The summed E-state index contributed by atoms with van der Waals surface area (Å²) in [6.45, 7) is 3.48. The molecular weight excluding hydrogens is 192 g/mol. The third kappa shape index (κ3) is 2.94. The van der Waals surface area contributed by atoms with Gasteiger partial charge in [-0.15, -0.1) is 0 Å². The molecule has 1 aromatic heterocycles. The first-order valence-electron chi connectivity index (χ1n) is 5.42. The zero-order valence-electron chi connectivity index (χ0n) is 8.84. The van der Waals surface area contributed by atoms with Crippen molar-refractivity contribution in [1.82, 2.24) is 14.7 Å². The van der Waals surface area contributed by atoms with Crippen molar-refractivity contribution in [2.75, 3.05) is 25.4 Å². The Labute approximate surface area is 89.5 Å². The number of aromatic nitrogens is 2. The van der Waals surface area contributed by atoms with Crippen LogP contribution in [0.4, 0.5) is 5.69 Å². The Morgan fingerprint density at radius 3 is 2.73 bits per heavy atom. The molecule has 0 bridgehead atoms. The molecule has 2 rings (SSSR count). The van der Waals surface area contributed by atoms with Crippen molar-refractivity contribution in [1.29, 1.82) is 0 Å². The number of hydrogen-bond acceptors (Lipinski definition) is 4. The van der Waals surface area contributed by atoms with E-state index in [-0.39, 0.29) is 6.10 Å². The second kappa shape index (κ2) is 4.63. The monoisotopic (exact) mass is 210 g/mol. The van der Waals surface area contributed by atoms with Crippen LogP contribution in [-0.2, 0) is 6.54 Å². The third-order valence-electron chi connectivity index (χ3n) is 2.72. The maximum Gasteiger partial charge on any atom is 0.0862 e. The number of aliphatic hydroxyl groups is 1. The number of likely N-dealkylation sites (tertiary alicyclic amines) is 1. The van der Waals surface area contributed by atoms with Crippen LogP contribution in [0.5, 0.6) is 0 Å². The average Bonchev–Trinajstić information content (AvgIpc) is 2.77. The van der Waals surface area contributed by atoms with Gasteiger partial charge in [0.25, 0.3) is 0 Å².